The van der Waals surface area contributed by atoms with Crippen molar-refractivity contribution < 1.29 is 9.18 Å². The monoisotopic (exact) mass is 496 g/mol. The number of benzene rings is 3. The van der Waals surface area contributed by atoms with Gasteiger partial charge in [0, 0.05) is 37.5 Å². The van der Waals surface area contributed by atoms with Gasteiger partial charge in [-0.1, -0.05) is 54.6 Å². The van der Waals surface area contributed by atoms with Gasteiger partial charge in [-0.15, -0.1) is 0 Å². The third-order valence-corrected chi connectivity index (χ3v) is 7.87. The Morgan fingerprint density at radius 2 is 1.73 bits per heavy atom. The van der Waals surface area contributed by atoms with Crippen LogP contribution in [0.25, 0.3) is 10.8 Å². The molecule has 2 atom stereocenters. The van der Waals surface area contributed by atoms with E-state index in [1.807, 2.05) is 29.2 Å². The molecule has 2 unspecified atom stereocenters. The maximum Gasteiger partial charge on any atom is 0.272 e. The summed E-state index contributed by atoms with van der Waals surface area (Å²) in [6, 6.07) is 22.9. The molecule has 6 nitrogen and oxygen atoms in total. The number of rotatable bonds is 5. The second-order valence-corrected chi connectivity index (χ2v) is 10.1. The largest absolute Gasteiger partial charge is 0.338 e. The van der Waals surface area contributed by atoms with Crippen LogP contribution in [0.1, 0.15) is 40.0 Å². The molecule has 37 heavy (non-hydrogen) atoms. The van der Waals surface area contributed by atoms with Gasteiger partial charge in [0.2, 0.25) is 0 Å². The molecule has 2 aliphatic heterocycles. The lowest BCUT2D eigenvalue weighted by Gasteiger charge is -2.38. The van der Waals surface area contributed by atoms with E-state index in [1.165, 1.54) is 11.6 Å². The van der Waals surface area contributed by atoms with Crippen LogP contribution in [0.3, 0.4) is 0 Å². The number of hydrogen-bond donors (Lipinski definition) is 1. The number of fused-ring (bicyclic) bond motifs is 2. The predicted molar refractivity (Wildman–Crippen MR) is 141 cm³/mol. The zero-order valence-corrected chi connectivity index (χ0v) is 20.6. The highest BCUT2D eigenvalue weighted by Gasteiger charge is 2.39. The van der Waals surface area contributed by atoms with Crippen LogP contribution in [0.2, 0.25) is 0 Å². The molecule has 0 radical (unpaired) electrons. The molecule has 1 N–H and O–H groups in total. The first-order chi connectivity index (χ1) is 18.1. The first-order valence-corrected chi connectivity index (χ1v) is 12.9. The molecule has 0 aliphatic carbocycles. The van der Waals surface area contributed by atoms with Crippen molar-refractivity contribution in [1.82, 2.24) is 20.0 Å². The van der Waals surface area contributed by atoms with Crippen molar-refractivity contribution in [1.29, 1.82) is 0 Å². The molecule has 3 aromatic carbocycles. The van der Waals surface area contributed by atoms with E-state index in [-0.39, 0.29) is 17.0 Å². The molecular weight excluding hydrogens is 467 g/mol. The highest BCUT2D eigenvalue weighted by Crippen LogP contribution is 2.33. The number of nitrogens with one attached hydrogen (secondary N) is 1. The van der Waals surface area contributed by atoms with E-state index in [1.54, 1.807) is 18.2 Å². The molecule has 0 spiro atoms. The second-order valence-electron chi connectivity index (χ2n) is 10.1. The number of piperidine rings is 1. The second kappa shape index (κ2) is 9.90. The first-order valence-electron chi connectivity index (χ1n) is 12.9. The fourth-order valence-corrected chi connectivity index (χ4v) is 6.00. The quantitative estimate of drug-likeness (QED) is 0.445. The van der Waals surface area contributed by atoms with Crippen molar-refractivity contribution >= 4 is 16.7 Å². The average molecular weight is 497 g/mol. The Bertz CT molecular complexity index is 1500. The van der Waals surface area contributed by atoms with Gasteiger partial charge in [0.1, 0.15) is 5.82 Å². The summed E-state index contributed by atoms with van der Waals surface area (Å²) in [5.41, 5.74) is 2.63. The minimum atomic E-state index is -0.507. The summed E-state index contributed by atoms with van der Waals surface area (Å²) < 4.78 is 14.9. The molecule has 0 saturated carbocycles. The molecular formula is C30H29FN4O2. The van der Waals surface area contributed by atoms with Crippen molar-refractivity contribution in [2.24, 2.45) is 5.92 Å². The summed E-state index contributed by atoms with van der Waals surface area (Å²) in [6.45, 7) is 3.24. The number of hydrogen-bond acceptors (Lipinski definition) is 4. The van der Waals surface area contributed by atoms with Gasteiger partial charge in [0.15, 0.2) is 0 Å². The molecule has 1 aromatic heterocycles. The smallest absolute Gasteiger partial charge is 0.272 e. The van der Waals surface area contributed by atoms with Crippen LogP contribution in [-0.4, -0.2) is 51.6 Å². The number of carbonyl (C=O) groups is 1. The minimum absolute atomic E-state index is 0.101. The number of amides is 1. The van der Waals surface area contributed by atoms with Crippen LogP contribution in [0, 0.1) is 11.7 Å². The molecule has 2 aliphatic rings. The molecule has 2 saturated heterocycles. The minimum Gasteiger partial charge on any atom is -0.338 e. The van der Waals surface area contributed by atoms with Gasteiger partial charge in [-0.2, -0.15) is 5.10 Å². The van der Waals surface area contributed by atoms with Crippen LogP contribution in [0.5, 0.6) is 0 Å². The van der Waals surface area contributed by atoms with Gasteiger partial charge >= 0.3 is 0 Å². The maximum absolute atomic E-state index is 14.9. The van der Waals surface area contributed by atoms with Crippen molar-refractivity contribution in [2.75, 3.05) is 19.6 Å². The summed E-state index contributed by atoms with van der Waals surface area (Å²) >= 11 is 0. The third kappa shape index (κ3) is 4.67. The normalized spacial score (nSPS) is 19.8. The van der Waals surface area contributed by atoms with Crippen LogP contribution < -0.4 is 5.56 Å². The van der Waals surface area contributed by atoms with E-state index in [2.05, 4.69) is 39.4 Å². The lowest BCUT2D eigenvalue weighted by Crippen LogP contribution is -2.48. The molecule has 4 aromatic rings. The number of aromatic amines is 1. The fraction of sp³-hybridized carbons (Fsp3) is 0.300. The van der Waals surface area contributed by atoms with Gasteiger partial charge in [-0.25, -0.2) is 9.49 Å². The fourth-order valence-electron chi connectivity index (χ4n) is 6.00. The van der Waals surface area contributed by atoms with E-state index in [0.717, 1.165) is 36.9 Å². The summed E-state index contributed by atoms with van der Waals surface area (Å²) in [5.74, 6) is -0.352. The maximum atomic E-state index is 14.9. The third-order valence-electron chi connectivity index (χ3n) is 7.87. The van der Waals surface area contributed by atoms with E-state index in [9.17, 15) is 14.0 Å². The van der Waals surface area contributed by atoms with Gasteiger partial charge in [0.05, 0.1) is 16.6 Å². The SMILES string of the molecule is O=C(c1cc(Cc2n[nH]c(=O)c3ccccc23)ccc1F)N1CCC2C(CCN2Cc2ccccc2)C1. The predicted octanol–water partition coefficient (Wildman–Crippen LogP) is 4.39. The molecule has 188 valence electrons. The Kier molecular flexibility index (Phi) is 6.30. The molecule has 7 heteroatoms. The summed E-state index contributed by atoms with van der Waals surface area (Å²) in [4.78, 5) is 29.9. The lowest BCUT2D eigenvalue weighted by molar-refractivity contribution is 0.0587. The molecule has 0 bridgehead atoms. The van der Waals surface area contributed by atoms with Gasteiger partial charge < -0.3 is 4.90 Å². The van der Waals surface area contributed by atoms with Crippen molar-refractivity contribution in [3.05, 3.63) is 111 Å². The Labute approximate surface area is 214 Å². The van der Waals surface area contributed by atoms with Crippen molar-refractivity contribution in [3.8, 4) is 0 Å². The Balaban J connectivity index is 1.17. The Morgan fingerprint density at radius 1 is 0.946 bits per heavy atom. The Morgan fingerprint density at radius 3 is 2.57 bits per heavy atom. The number of H-pyrrole nitrogens is 1. The average Bonchev–Trinajstić information content (AvgIpc) is 3.33. The topological polar surface area (TPSA) is 69.3 Å². The van der Waals surface area contributed by atoms with Gasteiger partial charge in [0.25, 0.3) is 11.5 Å². The first kappa shape index (κ1) is 23.6. The standard InChI is InChI=1S/C30H29FN4O2/c31-26-11-10-21(17-27-23-8-4-5-9-24(23)29(36)33-32-27)16-25(26)30(37)35-15-13-28-22(19-35)12-14-34(28)18-20-6-2-1-3-7-20/h1-11,16,22,28H,12-15,17-19H2,(H,33,36). The number of nitrogens with zero attached hydrogens (tertiary/aromatic N) is 3. The summed E-state index contributed by atoms with van der Waals surface area (Å²) in [6.07, 6.45) is 2.34. The Hall–Kier alpha value is -3.84. The number of halogens is 1. The summed E-state index contributed by atoms with van der Waals surface area (Å²) in [5, 5.41) is 8.09. The lowest BCUT2D eigenvalue weighted by atomic mass is 9.92. The summed E-state index contributed by atoms with van der Waals surface area (Å²) in [7, 11) is 0. The molecule has 2 fully saturated rings. The number of likely N-dealkylation sites (tertiary alicyclic amines) is 2. The van der Waals surface area contributed by atoms with Gasteiger partial charge in [-0.3, -0.25) is 14.5 Å². The van der Waals surface area contributed by atoms with E-state index < -0.39 is 5.82 Å². The van der Waals surface area contributed by atoms with E-state index in [0.29, 0.717) is 42.6 Å². The molecule has 1 amide bonds. The zero-order chi connectivity index (χ0) is 25.4. The zero-order valence-electron chi connectivity index (χ0n) is 20.6. The van der Waals surface area contributed by atoms with E-state index >= 15 is 0 Å². The van der Waals surface area contributed by atoms with Crippen LogP contribution in [-0.2, 0) is 13.0 Å². The van der Waals surface area contributed by atoms with E-state index in [4.69, 9.17) is 0 Å². The highest BCUT2D eigenvalue weighted by molar-refractivity contribution is 5.95. The van der Waals surface area contributed by atoms with Gasteiger partial charge in [-0.05, 0) is 54.6 Å². The van der Waals surface area contributed by atoms with Crippen molar-refractivity contribution in [2.45, 2.75) is 31.8 Å². The number of aromatic nitrogens is 2. The van der Waals surface area contributed by atoms with Crippen LogP contribution in [0.4, 0.5) is 4.39 Å². The highest BCUT2D eigenvalue weighted by atomic mass is 19.1. The van der Waals surface area contributed by atoms with Crippen LogP contribution in [0.15, 0.2) is 77.6 Å². The van der Waals surface area contributed by atoms with Crippen molar-refractivity contribution in [3.63, 3.8) is 0 Å². The molecule has 3 heterocycles. The number of carbonyl (C=O) groups excluding carboxylic acids is 1. The molecule has 6 rings (SSSR count). The van der Waals surface area contributed by atoms with Crippen LogP contribution >= 0.6 is 0 Å².